The first kappa shape index (κ1) is 9.97. The van der Waals surface area contributed by atoms with Crippen molar-refractivity contribution >= 4 is 29.0 Å². The monoisotopic (exact) mass is 224 g/mol. The number of fused-ring (bicyclic) bond motifs is 1. The van der Waals surface area contributed by atoms with Gasteiger partial charge in [0.2, 0.25) is 5.91 Å². The zero-order chi connectivity index (χ0) is 11.0. The van der Waals surface area contributed by atoms with Gasteiger partial charge in [-0.1, -0.05) is 0 Å². The Hall–Kier alpha value is -1.56. The average Bonchev–Trinajstić information content (AvgIpc) is 2.19. The van der Waals surface area contributed by atoms with Gasteiger partial charge < -0.3 is 5.32 Å². The second kappa shape index (κ2) is 3.54. The Labute approximate surface area is 90.0 Å². The number of carbonyl (C=O) groups excluding carboxylic acids is 1. The highest BCUT2D eigenvalue weighted by molar-refractivity contribution is 8.01. The van der Waals surface area contributed by atoms with Crippen LogP contribution in [-0.2, 0) is 4.79 Å². The van der Waals surface area contributed by atoms with E-state index in [1.54, 1.807) is 13.0 Å². The van der Waals surface area contributed by atoms with Gasteiger partial charge in [0, 0.05) is 17.0 Å². The Balaban J connectivity index is 2.41. The maximum absolute atomic E-state index is 11.3. The van der Waals surface area contributed by atoms with E-state index in [1.165, 1.54) is 23.9 Å². The number of carbonyl (C=O) groups is 1. The van der Waals surface area contributed by atoms with Crippen molar-refractivity contribution in [1.29, 1.82) is 0 Å². The highest BCUT2D eigenvalue weighted by Gasteiger charge is 2.24. The average molecular weight is 224 g/mol. The lowest BCUT2D eigenvalue weighted by molar-refractivity contribution is -0.385. The predicted octanol–water partition coefficient (Wildman–Crippen LogP) is 2.03. The number of anilines is 1. The van der Waals surface area contributed by atoms with E-state index in [0.717, 1.165) is 4.90 Å². The third-order valence-corrected chi connectivity index (χ3v) is 3.27. The van der Waals surface area contributed by atoms with E-state index < -0.39 is 4.92 Å². The van der Waals surface area contributed by atoms with E-state index in [0.29, 0.717) is 5.69 Å². The molecule has 0 bridgehead atoms. The molecule has 0 spiro atoms. The molecule has 1 aliphatic heterocycles. The van der Waals surface area contributed by atoms with Crippen molar-refractivity contribution in [3.8, 4) is 0 Å². The minimum absolute atomic E-state index is 0.0459. The second-order valence-corrected chi connectivity index (χ2v) is 4.57. The van der Waals surface area contributed by atoms with Crippen LogP contribution in [0.2, 0.25) is 0 Å². The molecule has 15 heavy (non-hydrogen) atoms. The molecule has 1 aromatic rings. The number of nitrogens with one attached hydrogen (secondary N) is 1. The van der Waals surface area contributed by atoms with Crippen LogP contribution in [0.3, 0.4) is 0 Å². The first-order valence-electron chi connectivity index (χ1n) is 4.34. The van der Waals surface area contributed by atoms with Crippen LogP contribution in [0.15, 0.2) is 23.1 Å². The fourth-order valence-corrected chi connectivity index (χ4v) is 2.29. The van der Waals surface area contributed by atoms with Crippen molar-refractivity contribution in [2.75, 3.05) is 5.32 Å². The summed E-state index contributed by atoms with van der Waals surface area (Å²) >= 11 is 1.34. The molecule has 0 saturated heterocycles. The zero-order valence-corrected chi connectivity index (χ0v) is 8.71. The maximum atomic E-state index is 11.3. The number of hydrogen-bond acceptors (Lipinski definition) is 4. The molecule has 0 aliphatic carbocycles. The first-order valence-corrected chi connectivity index (χ1v) is 5.22. The lowest BCUT2D eigenvalue weighted by atomic mass is 10.2. The van der Waals surface area contributed by atoms with Gasteiger partial charge in [-0.2, -0.15) is 0 Å². The number of amides is 1. The normalized spacial score (nSPS) is 19.3. The minimum Gasteiger partial charge on any atom is -0.324 e. The Bertz CT molecular complexity index is 447. The molecule has 1 aromatic carbocycles. The largest absolute Gasteiger partial charge is 0.324 e. The topological polar surface area (TPSA) is 72.2 Å². The number of thioether (sulfide) groups is 1. The van der Waals surface area contributed by atoms with Gasteiger partial charge in [0.1, 0.15) is 0 Å². The summed E-state index contributed by atoms with van der Waals surface area (Å²) in [5.74, 6) is -0.0682. The van der Waals surface area contributed by atoms with E-state index in [4.69, 9.17) is 0 Å². The Morgan fingerprint density at radius 2 is 2.27 bits per heavy atom. The number of nitrogens with zero attached hydrogens (tertiary/aromatic N) is 1. The summed E-state index contributed by atoms with van der Waals surface area (Å²) < 4.78 is 0. The van der Waals surface area contributed by atoms with Gasteiger partial charge in [-0.25, -0.2) is 0 Å². The third-order valence-electron chi connectivity index (χ3n) is 2.11. The van der Waals surface area contributed by atoms with Crippen molar-refractivity contribution in [3.05, 3.63) is 28.3 Å². The van der Waals surface area contributed by atoms with Crippen LogP contribution in [0.25, 0.3) is 0 Å². The molecule has 1 heterocycles. The number of nitro benzene ring substituents is 1. The van der Waals surface area contributed by atoms with E-state index in [1.807, 2.05) is 0 Å². The minimum atomic E-state index is -0.443. The standard InChI is InChI=1S/C9H8N2O3S/c1-5-9(12)10-7-3-2-6(11(13)14)4-8(7)15-5/h2-5H,1H3,(H,10,12)/t5-/m0/s1. The number of benzene rings is 1. The van der Waals surface area contributed by atoms with Crippen molar-refractivity contribution in [2.45, 2.75) is 17.1 Å². The fraction of sp³-hybridized carbons (Fsp3) is 0.222. The van der Waals surface area contributed by atoms with Crippen LogP contribution in [-0.4, -0.2) is 16.1 Å². The molecule has 1 amide bonds. The van der Waals surface area contributed by atoms with Gasteiger partial charge in [0.25, 0.3) is 5.69 Å². The highest BCUT2D eigenvalue weighted by Crippen LogP contribution is 2.37. The number of non-ortho nitro benzene ring substituents is 1. The summed E-state index contributed by atoms with van der Waals surface area (Å²) in [6, 6.07) is 4.43. The Kier molecular flexibility index (Phi) is 2.36. The molecule has 0 aromatic heterocycles. The number of rotatable bonds is 1. The van der Waals surface area contributed by atoms with Crippen molar-refractivity contribution in [3.63, 3.8) is 0 Å². The number of hydrogen-bond donors (Lipinski definition) is 1. The van der Waals surface area contributed by atoms with Crippen LogP contribution in [0, 0.1) is 10.1 Å². The molecule has 0 fully saturated rings. The predicted molar refractivity (Wildman–Crippen MR) is 57.0 cm³/mol. The maximum Gasteiger partial charge on any atom is 0.270 e. The summed E-state index contributed by atoms with van der Waals surface area (Å²) in [5, 5.41) is 13.0. The SMILES string of the molecule is C[C@@H]1Sc2cc([N+](=O)[O-])ccc2NC1=O. The van der Waals surface area contributed by atoms with E-state index in [9.17, 15) is 14.9 Å². The number of nitro groups is 1. The van der Waals surface area contributed by atoms with Crippen LogP contribution < -0.4 is 5.32 Å². The molecule has 1 atom stereocenters. The molecule has 0 unspecified atom stereocenters. The lowest BCUT2D eigenvalue weighted by Crippen LogP contribution is -2.26. The lowest BCUT2D eigenvalue weighted by Gasteiger charge is -2.20. The Morgan fingerprint density at radius 3 is 2.93 bits per heavy atom. The van der Waals surface area contributed by atoms with Crippen LogP contribution in [0.1, 0.15) is 6.92 Å². The van der Waals surface area contributed by atoms with Gasteiger partial charge in [-0.05, 0) is 13.0 Å². The third kappa shape index (κ3) is 1.80. The van der Waals surface area contributed by atoms with Crippen LogP contribution >= 0.6 is 11.8 Å². The molecule has 78 valence electrons. The van der Waals surface area contributed by atoms with Gasteiger partial charge in [0.15, 0.2) is 0 Å². The highest BCUT2D eigenvalue weighted by atomic mass is 32.2. The molecule has 5 nitrogen and oxygen atoms in total. The summed E-state index contributed by atoms with van der Waals surface area (Å²) in [6.45, 7) is 1.77. The molecule has 1 N–H and O–H groups in total. The molecule has 0 saturated carbocycles. The van der Waals surface area contributed by atoms with Crippen molar-refractivity contribution in [1.82, 2.24) is 0 Å². The van der Waals surface area contributed by atoms with E-state index in [-0.39, 0.29) is 16.8 Å². The van der Waals surface area contributed by atoms with E-state index >= 15 is 0 Å². The fourth-order valence-electron chi connectivity index (χ4n) is 1.30. The smallest absolute Gasteiger partial charge is 0.270 e. The van der Waals surface area contributed by atoms with Gasteiger partial charge in [-0.3, -0.25) is 14.9 Å². The summed E-state index contributed by atoms with van der Waals surface area (Å²) in [6.07, 6.45) is 0. The summed E-state index contributed by atoms with van der Waals surface area (Å²) in [7, 11) is 0. The molecule has 2 rings (SSSR count). The first-order chi connectivity index (χ1) is 7.08. The van der Waals surface area contributed by atoms with Crippen molar-refractivity contribution in [2.24, 2.45) is 0 Å². The van der Waals surface area contributed by atoms with E-state index in [2.05, 4.69) is 5.32 Å². The molecular weight excluding hydrogens is 216 g/mol. The summed E-state index contributed by atoms with van der Waals surface area (Å²) in [5.41, 5.74) is 0.693. The van der Waals surface area contributed by atoms with Gasteiger partial charge >= 0.3 is 0 Å². The zero-order valence-electron chi connectivity index (χ0n) is 7.89. The summed E-state index contributed by atoms with van der Waals surface area (Å²) in [4.78, 5) is 22.2. The molecule has 0 radical (unpaired) electrons. The van der Waals surface area contributed by atoms with Crippen LogP contribution in [0.5, 0.6) is 0 Å². The van der Waals surface area contributed by atoms with Crippen LogP contribution in [0.4, 0.5) is 11.4 Å². The molecular formula is C9H8N2O3S. The Morgan fingerprint density at radius 1 is 1.53 bits per heavy atom. The van der Waals surface area contributed by atoms with Gasteiger partial charge in [-0.15, -0.1) is 11.8 Å². The quantitative estimate of drug-likeness (QED) is 0.585. The second-order valence-electron chi connectivity index (χ2n) is 3.19. The van der Waals surface area contributed by atoms with Gasteiger partial charge in [0.05, 0.1) is 15.9 Å². The molecule has 6 heteroatoms. The van der Waals surface area contributed by atoms with Crippen molar-refractivity contribution < 1.29 is 9.72 Å². The molecule has 1 aliphatic rings.